The van der Waals surface area contributed by atoms with E-state index >= 15 is 0 Å². The minimum Gasteiger partial charge on any atom is -0.250 e. The van der Waals surface area contributed by atoms with Gasteiger partial charge in [0, 0.05) is 0 Å². The highest BCUT2D eigenvalue weighted by Crippen LogP contribution is 2.53. The molecule has 0 amide bonds. The molecule has 4 heteroatoms. The van der Waals surface area contributed by atoms with Gasteiger partial charge < -0.3 is 0 Å². The zero-order valence-corrected chi connectivity index (χ0v) is 5.08. The molecule has 0 aliphatic heterocycles. The van der Waals surface area contributed by atoms with Crippen molar-refractivity contribution in [1.29, 1.82) is 0 Å². The molecule has 0 rings (SSSR count). The quantitative estimate of drug-likeness (QED) is 0.496. The molecule has 0 atom stereocenters. The van der Waals surface area contributed by atoms with Gasteiger partial charge in [0.2, 0.25) is 0 Å². The van der Waals surface area contributed by atoms with Gasteiger partial charge in [-0.05, 0) is 0 Å². The molecule has 0 unspecified atom stereocenters. The average Bonchev–Trinajstić information content (AvgIpc) is 1.31. The summed E-state index contributed by atoms with van der Waals surface area (Å²) in [6.07, 6.45) is 0. The second-order valence-electron chi connectivity index (χ2n) is 1.60. The fourth-order valence-corrected chi connectivity index (χ4v) is 0. The first kappa shape index (κ1) is 7.09. The van der Waals surface area contributed by atoms with Crippen molar-refractivity contribution < 1.29 is 13.0 Å². The Balaban J connectivity index is 3.80. The van der Waals surface area contributed by atoms with Crippen molar-refractivity contribution in [3.63, 3.8) is 0 Å². The van der Waals surface area contributed by atoms with E-state index in [1.807, 2.05) is 0 Å². The van der Waals surface area contributed by atoms with E-state index in [0.717, 1.165) is 0 Å². The van der Waals surface area contributed by atoms with Gasteiger partial charge in [-0.3, -0.25) is 0 Å². The van der Waals surface area contributed by atoms with Crippen molar-refractivity contribution in [2.75, 3.05) is 0 Å². The van der Waals surface area contributed by atoms with Crippen molar-refractivity contribution in [2.45, 2.75) is 19.5 Å². The summed E-state index contributed by atoms with van der Waals surface area (Å²) < 4.78 is 32.4. The Hall–Kier alpha value is 0.0900. The standard InChI is InChI=1S/C3H7F2OP/c1-3(2)7(4,5)6/h3H,1-2H3. The Labute approximate surface area is 41.3 Å². The average molecular weight is 128 g/mol. The molecular formula is C3H7F2OP. The highest BCUT2D eigenvalue weighted by Gasteiger charge is 2.23. The van der Waals surface area contributed by atoms with E-state index in [4.69, 9.17) is 0 Å². The first-order chi connectivity index (χ1) is 2.94. The van der Waals surface area contributed by atoms with Crippen LogP contribution in [0.5, 0.6) is 0 Å². The molecule has 0 radical (unpaired) electrons. The molecule has 0 spiro atoms. The first-order valence-corrected chi connectivity index (χ1v) is 3.49. The molecule has 0 aliphatic rings. The normalized spacial score (nSPS) is 12.7. The van der Waals surface area contributed by atoms with E-state index in [-0.39, 0.29) is 0 Å². The smallest absolute Gasteiger partial charge is 0.250 e. The van der Waals surface area contributed by atoms with Gasteiger partial charge in [-0.2, -0.15) is 8.39 Å². The summed E-state index contributed by atoms with van der Waals surface area (Å²) in [6, 6.07) is 0. The highest BCUT2D eigenvalue weighted by molar-refractivity contribution is 7.53. The van der Waals surface area contributed by atoms with E-state index in [9.17, 15) is 13.0 Å². The van der Waals surface area contributed by atoms with Gasteiger partial charge in [-0.15, -0.1) is 0 Å². The lowest BCUT2D eigenvalue weighted by molar-refractivity contribution is 0.484. The molecule has 0 aromatic heterocycles. The SMILES string of the molecule is CC(C)P(=O)(F)F. The molecular weight excluding hydrogens is 121 g/mol. The third-order valence-corrected chi connectivity index (χ3v) is 1.80. The number of halogens is 2. The molecule has 0 aromatic rings. The molecule has 0 fully saturated rings. The van der Waals surface area contributed by atoms with Gasteiger partial charge >= 0.3 is 7.76 Å². The summed E-state index contributed by atoms with van der Waals surface area (Å²) in [7, 11) is -4.74. The van der Waals surface area contributed by atoms with Crippen LogP contribution in [0.3, 0.4) is 0 Å². The Morgan fingerprint density at radius 1 is 1.43 bits per heavy atom. The van der Waals surface area contributed by atoms with E-state index in [2.05, 4.69) is 0 Å². The van der Waals surface area contributed by atoms with Crippen LogP contribution in [0.4, 0.5) is 8.39 Å². The van der Waals surface area contributed by atoms with Crippen molar-refractivity contribution in [3.8, 4) is 0 Å². The summed E-state index contributed by atoms with van der Waals surface area (Å²) in [6.45, 7) is 2.47. The van der Waals surface area contributed by atoms with Crippen LogP contribution in [0, 0.1) is 0 Å². The predicted octanol–water partition coefficient (Wildman–Crippen LogP) is 2.53. The van der Waals surface area contributed by atoms with Crippen LogP contribution in [0.1, 0.15) is 13.8 Å². The molecule has 0 N–H and O–H groups in total. The maximum absolute atomic E-state index is 11.4. The summed E-state index contributed by atoms with van der Waals surface area (Å²) >= 11 is 0. The summed E-state index contributed by atoms with van der Waals surface area (Å²) in [5.41, 5.74) is -0.979. The van der Waals surface area contributed by atoms with Crippen LogP contribution >= 0.6 is 7.76 Å². The fourth-order valence-electron chi connectivity index (χ4n) is 0. The molecule has 0 aromatic carbocycles. The third kappa shape index (κ3) is 2.75. The van der Waals surface area contributed by atoms with Gasteiger partial charge in [0.25, 0.3) is 0 Å². The van der Waals surface area contributed by atoms with Crippen molar-refractivity contribution in [3.05, 3.63) is 0 Å². The Morgan fingerprint density at radius 2 is 1.57 bits per heavy atom. The molecule has 1 nitrogen and oxygen atoms in total. The number of hydrogen-bond donors (Lipinski definition) is 0. The Morgan fingerprint density at radius 3 is 1.57 bits per heavy atom. The van der Waals surface area contributed by atoms with Gasteiger partial charge in [0.1, 0.15) is 0 Å². The first-order valence-electron chi connectivity index (χ1n) is 1.93. The lowest BCUT2D eigenvalue weighted by Gasteiger charge is -1.98. The minimum absolute atomic E-state index is 0.979. The summed E-state index contributed by atoms with van der Waals surface area (Å²) in [4.78, 5) is 0. The third-order valence-electron chi connectivity index (χ3n) is 0.601. The summed E-state index contributed by atoms with van der Waals surface area (Å²) in [5.74, 6) is 0. The molecule has 0 heterocycles. The maximum Gasteiger partial charge on any atom is 0.405 e. The topological polar surface area (TPSA) is 17.1 Å². The van der Waals surface area contributed by atoms with Crippen LogP contribution in [0.2, 0.25) is 0 Å². The van der Waals surface area contributed by atoms with Gasteiger partial charge in [-0.1, -0.05) is 13.8 Å². The van der Waals surface area contributed by atoms with Crippen molar-refractivity contribution in [1.82, 2.24) is 0 Å². The Kier molecular flexibility index (Phi) is 1.93. The number of hydrogen-bond acceptors (Lipinski definition) is 1. The second kappa shape index (κ2) is 1.91. The van der Waals surface area contributed by atoms with Crippen LogP contribution in [-0.4, -0.2) is 5.66 Å². The highest BCUT2D eigenvalue weighted by atomic mass is 31.2. The van der Waals surface area contributed by atoms with E-state index < -0.39 is 13.4 Å². The van der Waals surface area contributed by atoms with Crippen LogP contribution < -0.4 is 0 Å². The molecule has 0 saturated heterocycles. The summed E-state index contributed by atoms with van der Waals surface area (Å²) in [5, 5.41) is 0. The Bertz CT molecular complexity index is 95.1. The van der Waals surface area contributed by atoms with E-state index in [1.54, 1.807) is 0 Å². The molecule has 0 saturated carbocycles. The second-order valence-corrected chi connectivity index (χ2v) is 3.63. The minimum atomic E-state index is -4.74. The van der Waals surface area contributed by atoms with Gasteiger partial charge in [-0.25, -0.2) is 4.57 Å². The van der Waals surface area contributed by atoms with Gasteiger partial charge in [0.15, 0.2) is 0 Å². The lowest BCUT2D eigenvalue weighted by atomic mass is 10.6. The number of rotatable bonds is 1. The molecule has 0 aliphatic carbocycles. The largest absolute Gasteiger partial charge is 0.405 e. The predicted molar refractivity (Wildman–Crippen MR) is 25.0 cm³/mol. The lowest BCUT2D eigenvalue weighted by Crippen LogP contribution is -1.85. The van der Waals surface area contributed by atoms with Gasteiger partial charge in [0.05, 0.1) is 5.66 Å². The molecule has 44 valence electrons. The van der Waals surface area contributed by atoms with E-state index in [1.165, 1.54) is 13.8 Å². The molecule has 7 heavy (non-hydrogen) atoms. The monoisotopic (exact) mass is 128 g/mol. The van der Waals surface area contributed by atoms with Crippen molar-refractivity contribution >= 4 is 7.76 Å². The zero-order chi connectivity index (χ0) is 6.08. The zero-order valence-electron chi connectivity index (χ0n) is 4.19. The van der Waals surface area contributed by atoms with Crippen LogP contribution in [-0.2, 0) is 4.57 Å². The van der Waals surface area contributed by atoms with Crippen LogP contribution in [0.15, 0.2) is 0 Å². The molecule has 0 bridgehead atoms. The van der Waals surface area contributed by atoms with Crippen molar-refractivity contribution in [2.24, 2.45) is 0 Å². The fraction of sp³-hybridized carbons (Fsp3) is 1.00. The maximum atomic E-state index is 11.4. The van der Waals surface area contributed by atoms with E-state index in [0.29, 0.717) is 0 Å². The van der Waals surface area contributed by atoms with Crippen LogP contribution in [0.25, 0.3) is 0 Å².